The Kier molecular flexibility index (Phi) is 6.56. The predicted octanol–water partition coefficient (Wildman–Crippen LogP) is 4.06. The summed E-state index contributed by atoms with van der Waals surface area (Å²) in [5, 5.41) is 25.4. The van der Waals surface area contributed by atoms with Gasteiger partial charge in [-0.15, -0.1) is 0 Å². The maximum absolute atomic E-state index is 12.6. The molecule has 29 heavy (non-hydrogen) atoms. The number of phenols is 1. The van der Waals surface area contributed by atoms with Gasteiger partial charge in [-0.3, -0.25) is 15.5 Å². The van der Waals surface area contributed by atoms with Gasteiger partial charge in [-0.25, -0.2) is 8.42 Å². The summed E-state index contributed by atoms with van der Waals surface area (Å²) >= 11 is 6.50. The molecule has 0 bridgehead atoms. The number of nitro benzene ring substituents is 1. The number of nitrogens with zero attached hydrogens (tertiary/aromatic N) is 3. The number of sulfonamides is 1. The van der Waals surface area contributed by atoms with Crippen LogP contribution in [0.5, 0.6) is 5.75 Å². The second-order valence-corrected chi connectivity index (χ2v) is 9.95. The van der Waals surface area contributed by atoms with Crippen LogP contribution in [-0.2, 0) is 10.0 Å². The molecular formula is C17H16Br2N4O5S. The average molecular weight is 548 g/mol. The number of anilines is 1. The number of aromatic hydroxyl groups is 1. The van der Waals surface area contributed by atoms with Crippen LogP contribution in [0, 0.1) is 10.1 Å². The molecule has 0 aliphatic carbocycles. The smallest absolute Gasteiger partial charge is 0.295 e. The molecule has 2 aromatic carbocycles. The van der Waals surface area contributed by atoms with Gasteiger partial charge in [0.2, 0.25) is 10.0 Å². The fraction of sp³-hybridized carbons (Fsp3) is 0.235. The largest absolute Gasteiger partial charge is 0.506 e. The maximum Gasteiger partial charge on any atom is 0.295 e. The third-order valence-corrected chi connectivity index (χ3v) is 7.27. The van der Waals surface area contributed by atoms with E-state index in [2.05, 4.69) is 42.4 Å². The normalized spacial score (nSPS) is 15.1. The van der Waals surface area contributed by atoms with Gasteiger partial charge in [0.05, 0.1) is 20.5 Å². The quantitative estimate of drug-likeness (QED) is 0.319. The van der Waals surface area contributed by atoms with Crippen LogP contribution < -0.4 is 5.43 Å². The zero-order chi connectivity index (χ0) is 21.2. The molecule has 0 saturated carbocycles. The molecule has 0 aromatic heterocycles. The summed E-state index contributed by atoms with van der Waals surface area (Å²) in [6.07, 6.45) is 2.84. The minimum absolute atomic E-state index is 0.0279. The molecule has 0 spiro atoms. The second kappa shape index (κ2) is 8.78. The highest BCUT2D eigenvalue weighted by atomic mass is 79.9. The van der Waals surface area contributed by atoms with Gasteiger partial charge in [0.1, 0.15) is 11.4 Å². The molecule has 0 atom stereocenters. The van der Waals surface area contributed by atoms with Gasteiger partial charge < -0.3 is 5.11 Å². The molecule has 3 rings (SSSR count). The monoisotopic (exact) mass is 546 g/mol. The zero-order valence-electron chi connectivity index (χ0n) is 14.9. The van der Waals surface area contributed by atoms with Crippen LogP contribution in [0.1, 0.15) is 18.4 Å². The highest BCUT2D eigenvalue weighted by Gasteiger charge is 2.29. The lowest BCUT2D eigenvalue weighted by molar-refractivity contribution is -0.384. The minimum Gasteiger partial charge on any atom is -0.506 e. The summed E-state index contributed by atoms with van der Waals surface area (Å²) in [6, 6.07) is 6.91. The van der Waals surface area contributed by atoms with E-state index in [0.29, 0.717) is 27.6 Å². The van der Waals surface area contributed by atoms with Crippen LogP contribution in [-0.4, -0.2) is 42.1 Å². The minimum atomic E-state index is -3.77. The highest BCUT2D eigenvalue weighted by Crippen LogP contribution is 2.32. The van der Waals surface area contributed by atoms with Gasteiger partial charge in [-0.2, -0.15) is 9.41 Å². The third kappa shape index (κ3) is 4.77. The molecule has 12 heteroatoms. The lowest BCUT2D eigenvalue weighted by atomic mass is 10.2. The van der Waals surface area contributed by atoms with Gasteiger partial charge in [0.25, 0.3) is 5.69 Å². The number of hydrogen-bond acceptors (Lipinski definition) is 7. The zero-order valence-corrected chi connectivity index (χ0v) is 18.9. The van der Waals surface area contributed by atoms with Crippen LogP contribution in [0.15, 0.2) is 49.3 Å². The number of nitrogens with one attached hydrogen (secondary N) is 1. The molecule has 154 valence electrons. The van der Waals surface area contributed by atoms with Crippen molar-refractivity contribution in [1.82, 2.24) is 4.31 Å². The fourth-order valence-corrected chi connectivity index (χ4v) is 5.65. The standard InChI is InChI=1S/C17H16Br2N4O5S/c18-12-7-11(17(24)14(19)8-12)10-20-21-15-4-3-13(9-16(15)23(25)26)29(27,28)22-5-1-2-6-22/h3-4,7-10,21,24H,1-2,5-6H2. The van der Waals surface area contributed by atoms with Crippen molar-refractivity contribution in [3.63, 3.8) is 0 Å². The molecule has 2 aromatic rings. The van der Waals surface area contributed by atoms with Crippen LogP contribution in [0.25, 0.3) is 0 Å². The SMILES string of the molecule is O=[N+]([O-])c1cc(S(=O)(=O)N2CCCC2)ccc1NN=Cc1cc(Br)cc(Br)c1O. The molecule has 0 unspecified atom stereocenters. The molecule has 1 aliphatic rings. The van der Waals surface area contributed by atoms with Gasteiger partial charge in [0.15, 0.2) is 0 Å². The Morgan fingerprint density at radius 1 is 1.21 bits per heavy atom. The van der Waals surface area contributed by atoms with E-state index in [1.165, 1.54) is 22.7 Å². The van der Waals surface area contributed by atoms with E-state index in [-0.39, 0.29) is 16.3 Å². The lowest BCUT2D eigenvalue weighted by Crippen LogP contribution is -2.27. The van der Waals surface area contributed by atoms with Gasteiger partial charge in [0, 0.05) is 29.2 Å². The van der Waals surface area contributed by atoms with Crippen LogP contribution in [0.3, 0.4) is 0 Å². The Morgan fingerprint density at radius 2 is 1.90 bits per heavy atom. The number of hydrogen-bond donors (Lipinski definition) is 2. The summed E-state index contributed by atoms with van der Waals surface area (Å²) in [6.45, 7) is 0.818. The molecule has 2 N–H and O–H groups in total. The van der Waals surface area contributed by atoms with E-state index in [9.17, 15) is 23.6 Å². The first-order valence-corrected chi connectivity index (χ1v) is 11.5. The Balaban J connectivity index is 1.88. The van der Waals surface area contributed by atoms with E-state index in [0.717, 1.165) is 18.9 Å². The van der Waals surface area contributed by atoms with Crippen molar-refractivity contribution in [2.24, 2.45) is 5.10 Å². The number of hydrazone groups is 1. The number of halogens is 2. The maximum atomic E-state index is 12.6. The molecule has 1 fully saturated rings. The molecule has 0 amide bonds. The third-order valence-electron chi connectivity index (χ3n) is 4.31. The van der Waals surface area contributed by atoms with Crippen molar-refractivity contribution in [2.45, 2.75) is 17.7 Å². The number of benzene rings is 2. The fourth-order valence-electron chi connectivity index (χ4n) is 2.85. The van der Waals surface area contributed by atoms with Gasteiger partial charge in [-0.05, 0) is 53.0 Å². The lowest BCUT2D eigenvalue weighted by Gasteiger charge is -2.15. The van der Waals surface area contributed by atoms with E-state index >= 15 is 0 Å². The highest BCUT2D eigenvalue weighted by molar-refractivity contribution is 9.11. The molecular weight excluding hydrogens is 532 g/mol. The van der Waals surface area contributed by atoms with Crippen molar-refractivity contribution < 1.29 is 18.4 Å². The summed E-state index contributed by atoms with van der Waals surface area (Å²) in [7, 11) is -3.77. The Bertz CT molecular complexity index is 1090. The first kappa shape index (κ1) is 21.7. The topological polar surface area (TPSA) is 125 Å². The average Bonchev–Trinajstić information content (AvgIpc) is 3.21. The molecule has 9 nitrogen and oxygen atoms in total. The van der Waals surface area contributed by atoms with Crippen molar-refractivity contribution in [2.75, 3.05) is 18.5 Å². The van der Waals surface area contributed by atoms with Crippen molar-refractivity contribution >= 4 is 59.5 Å². The summed E-state index contributed by atoms with van der Waals surface area (Å²) in [4.78, 5) is 10.6. The Labute approximate surface area is 183 Å². The van der Waals surface area contributed by atoms with Gasteiger partial charge in [-0.1, -0.05) is 15.9 Å². The van der Waals surface area contributed by atoms with Crippen LogP contribution in [0.2, 0.25) is 0 Å². The Morgan fingerprint density at radius 3 is 2.55 bits per heavy atom. The number of rotatable bonds is 6. The summed E-state index contributed by atoms with van der Waals surface area (Å²) in [5.74, 6) is -0.0414. The van der Waals surface area contributed by atoms with Crippen LogP contribution in [0.4, 0.5) is 11.4 Å². The van der Waals surface area contributed by atoms with E-state index in [1.54, 1.807) is 12.1 Å². The van der Waals surface area contributed by atoms with Crippen molar-refractivity contribution in [1.29, 1.82) is 0 Å². The molecule has 0 radical (unpaired) electrons. The van der Waals surface area contributed by atoms with Crippen molar-refractivity contribution in [3.05, 3.63) is 55.0 Å². The number of nitro groups is 1. The summed E-state index contributed by atoms with van der Waals surface area (Å²) in [5.41, 5.74) is 2.52. The first-order chi connectivity index (χ1) is 13.7. The number of phenolic OH excluding ortho intramolecular Hbond substituents is 1. The van der Waals surface area contributed by atoms with Crippen LogP contribution >= 0.6 is 31.9 Å². The molecule has 1 aliphatic heterocycles. The molecule has 1 saturated heterocycles. The van der Waals surface area contributed by atoms with E-state index in [1.807, 2.05) is 0 Å². The predicted molar refractivity (Wildman–Crippen MR) is 116 cm³/mol. The summed E-state index contributed by atoms with van der Waals surface area (Å²) < 4.78 is 27.8. The second-order valence-electron chi connectivity index (χ2n) is 6.24. The molecule has 1 heterocycles. The van der Waals surface area contributed by atoms with Gasteiger partial charge >= 0.3 is 0 Å². The van der Waals surface area contributed by atoms with E-state index in [4.69, 9.17) is 0 Å². The van der Waals surface area contributed by atoms with E-state index < -0.39 is 20.6 Å². The first-order valence-electron chi connectivity index (χ1n) is 8.46. The Hall–Kier alpha value is -2.02. The van der Waals surface area contributed by atoms with Crippen molar-refractivity contribution in [3.8, 4) is 5.75 Å².